The molecule has 6 nitrogen and oxygen atoms in total. The molecule has 1 aliphatic rings. The Morgan fingerprint density at radius 2 is 2.15 bits per heavy atom. The molecule has 0 fully saturated rings. The lowest BCUT2D eigenvalue weighted by molar-refractivity contribution is 0.210. The van der Waals surface area contributed by atoms with Gasteiger partial charge in [0.1, 0.15) is 5.01 Å². The molecule has 0 radical (unpaired) electrons. The fourth-order valence-electron chi connectivity index (χ4n) is 2.25. The average molecular weight is 289 g/mol. The first kappa shape index (κ1) is 12.9. The van der Waals surface area contributed by atoms with E-state index in [2.05, 4.69) is 15.5 Å². The van der Waals surface area contributed by atoms with Crippen LogP contribution in [0.5, 0.6) is 0 Å². The van der Waals surface area contributed by atoms with Crippen LogP contribution >= 0.6 is 11.3 Å². The summed E-state index contributed by atoms with van der Waals surface area (Å²) in [5.41, 5.74) is 2.10. The Kier molecular flexibility index (Phi) is 3.27. The zero-order chi connectivity index (χ0) is 14.1. The van der Waals surface area contributed by atoms with Crippen molar-refractivity contribution < 1.29 is 4.79 Å². The number of urea groups is 1. The van der Waals surface area contributed by atoms with Gasteiger partial charge in [0.2, 0.25) is 5.13 Å². The van der Waals surface area contributed by atoms with Crippen LogP contribution in [-0.2, 0) is 13.1 Å². The third kappa shape index (κ3) is 2.20. The predicted octanol–water partition coefficient (Wildman–Crippen LogP) is 2.15. The number of anilines is 2. The molecular formula is C13H15N5OS. The van der Waals surface area contributed by atoms with E-state index in [1.807, 2.05) is 31.3 Å². The number of carbonyl (C=O) groups is 1. The number of nitrogens with zero attached hydrogens (tertiary/aromatic N) is 4. The van der Waals surface area contributed by atoms with Gasteiger partial charge in [-0.05, 0) is 11.6 Å². The predicted molar refractivity (Wildman–Crippen MR) is 78.9 cm³/mol. The summed E-state index contributed by atoms with van der Waals surface area (Å²) in [6.07, 6.45) is 0. The molecule has 1 aliphatic heterocycles. The number of amides is 2. The lowest BCUT2D eigenvalue weighted by Crippen LogP contribution is -2.44. The third-order valence-corrected chi connectivity index (χ3v) is 4.15. The van der Waals surface area contributed by atoms with E-state index in [0.717, 1.165) is 21.4 Å². The molecule has 1 N–H and O–H groups in total. The van der Waals surface area contributed by atoms with Gasteiger partial charge in [0, 0.05) is 20.6 Å². The monoisotopic (exact) mass is 289 g/mol. The Balaban J connectivity index is 1.92. The molecule has 2 aromatic rings. The molecule has 0 saturated heterocycles. The van der Waals surface area contributed by atoms with E-state index in [-0.39, 0.29) is 6.03 Å². The van der Waals surface area contributed by atoms with Crippen LogP contribution in [0.1, 0.15) is 10.6 Å². The minimum atomic E-state index is -0.00934. The van der Waals surface area contributed by atoms with E-state index in [1.54, 1.807) is 16.8 Å². The van der Waals surface area contributed by atoms with Crippen LogP contribution in [0.3, 0.4) is 0 Å². The van der Waals surface area contributed by atoms with E-state index >= 15 is 0 Å². The summed E-state index contributed by atoms with van der Waals surface area (Å²) < 4.78 is 0. The highest BCUT2D eigenvalue weighted by Crippen LogP contribution is 2.29. The Morgan fingerprint density at radius 3 is 2.90 bits per heavy atom. The molecule has 0 unspecified atom stereocenters. The van der Waals surface area contributed by atoms with Crippen molar-refractivity contribution in [2.75, 3.05) is 24.3 Å². The molecule has 0 spiro atoms. The fourth-order valence-corrected chi connectivity index (χ4v) is 2.93. The molecule has 0 aliphatic carbocycles. The van der Waals surface area contributed by atoms with Gasteiger partial charge in [-0.1, -0.05) is 29.5 Å². The first-order chi connectivity index (χ1) is 9.69. The summed E-state index contributed by atoms with van der Waals surface area (Å²) in [5, 5.41) is 12.6. The largest absolute Gasteiger partial charge is 0.363 e. The minimum absolute atomic E-state index is 0.00934. The van der Waals surface area contributed by atoms with Crippen LogP contribution in [0.25, 0.3) is 0 Å². The summed E-state index contributed by atoms with van der Waals surface area (Å²) in [7, 11) is 3.61. The Morgan fingerprint density at radius 1 is 1.35 bits per heavy atom. The first-order valence-electron chi connectivity index (χ1n) is 6.29. The van der Waals surface area contributed by atoms with Gasteiger partial charge in [-0.3, -0.25) is 4.90 Å². The van der Waals surface area contributed by atoms with Crippen molar-refractivity contribution in [3.8, 4) is 0 Å². The highest BCUT2D eigenvalue weighted by Gasteiger charge is 2.28. The summed E-state index contributed by atoms with van der Waals surface area (Å²) in [5.74, 6) is 0. The van der Waals surface area contributed by atoms with E-state index in [9.17, 15) is 4.79 Å². The molecule has 3 rings (SSSR count). The van der Waals surface area contributed by atoms with Gasteiger partial charge < -0.3 is 10.2 Å². The molecule has 2 amide bonds. The van der Waals surface area contributed by atoms with Gasteiger partial charge in [0.05, 0.1) is 12.2 Å². The molecule has 0 saturated carbocycles. The summed E-state index contributed by atoms with van der Waals surface area (Å²) >= 11 is 1.46. The van der Waals surface area contributed by atoms with Crippen molar-refractivity contribution in [1.82, 2.24) is 15.1 Å². The first-order valence-corrected chi connectivity index (χ1v) is 7.11. The zero-order valence-corrected chi connectivity index (χ0v) is 12.1. The highest BCUT2D eigenvalue weighted by molar-refractivity contribution is 7.15. The number of hydrogen-bond donors (Lipinski definition) is 1. The summed E-state index contributed by atoms with van der Waals surface area (Å²) in [6.45, 7) is 1.09. The number of carbonyl (C=O) groups excluding carboxylic acids is 1. The van der Waals surface area contributed by atoms with Crippen molar-refractivity contribution in [2.24, 2.45) is 0 Å². The molecule has 20 heavy (non-hydrogen) atoms. The highest BCUT2D eigenvalue weighted by atomic mass is 32.1. The van der Waals surface area contributed by atoms with E-state index in [1.165, 1.54) is 11.3 Å². The van der Waals surface area contributed by atoms with Gasteiger partial charge in [0.25, 0.3) is 0 Å². The molecule has 1 aromatic carbocycles. The second kappa shape index (κ2) is 5.09. The van der Waals surface area contributed by atoms with Gasteiger partial charge >= 0.3 is 6.03 Å². The topological polar surface area (TPSA) is 61.4 Å². The van der Waals surface area contributed by atoms with Crippen LogP contribution in [0.15, 0.2) is 24.3 Å². The number of benzene rings is 1. The quantitative estimate of drug-likeness (QED) is 0.940. The Hall–Kier alpha value is -2.15. The maximum atomic E-state index is 12.4. The maximum absolute atomic E-state index is 12.4. The van der Waals surface area contributed by atoms with Crippen LogP contribution < -0.4 is 10.2 Å². The van der Waals surface area contributed by atoms with E-state index in [0.29, 0.717) is 13.1 Å². The van der Waals surface area contributed by atoms with Crippen LogP contribution in [0.4, 0.5) is 15.6 Å². The van der Waals surface area contributed by atoms with Crippen LogP contribution in [-0.4, -0.2) is 35.2 Å². The van der Waals surface area contributed by atoms with Gasteiger partial charge in [-0.2, -0.15) is 0 Å². The molecular weight excluding hydrogens is 274 g/mol. The van der Waals surface area contributed by atoms with Gasteiger partial charge in [-0.15, -0.1) is 10.2 Å². The SMILES string of the molecule is CNc1nnc(CN2C(=O)N(C)Cc3ccccc32)s1. The summed E-state index contributed by atoms with van der Waals surface area (Å²) in [4.78, 5) is 15.8. The molecule has 0 atom stereocenters. The zero-order valence-electron chi connectivity index (χ0n) is 11.3. The average Bonchev–Trinajstić information content (AvgIpc) is 2.91. The Labute approximate surface area is 121 Å². The van der Waals surface area contributed by atoms with Gasteiger partial charge in [0.15, 0.2) is 0 Å². The molecule has 1 aromatic heterocycles. The van der Waals surface area contributed by atoms with E-state index in [4.69, 9.17) is 0 Å². The minimum Gasteiger partial charge on any atom is -0.363 e. The van der Waals surface area contributed by atoms with Crippen molar-refractivity contribution >= 4 is 28.2 Å². The summed E-state index contributed by atoms with van der Waals surface area (Å²) in [6, 6.07) is 7.95. The molecule has 7 heteroatoms. The number of nitrogens with one attached hydrogen (secondary N) is 1. The van der Waals surface area contributed by atoms with Crippen molar-refractivity contribution in [3.05, 3.63) is 34.8 Å². The fraction of sp³-hybridized carbons (Fsp3) is 0.308. The smallest absolute Gasteiger partial charge is 0.324 e. The number of fused-ring (bicyclic) bond motifs is 1. The Bertz CT molecular complexity index is 641. The van der Waals surface area contributed by atoms with Crippen molar-refractivity contribution in [2.45, 2.75) is 13.1 Å². The number of hydrogen-bond acceptors (Lipinski definition) is 5. The normalized spacial score (nSPS) is 14.4. The number of aromatic nitrogens is 2. The second-order valence-corrected chi connectivity index (χ2v) is 5.67. The van der Waals surface area contributed by atoms with Crippen molar-refractivity contribution in [3.63, 3.8) is 0 Å². The lowest BCUT2D eigenvalue weighted by atomic mass is 10.1. The molecule has 0 bridgehead atoms. The van der Waals surface area contributed by atoms with Gasteiger partial charge in [-0.25, -0.2) is 4.79 Å². The second-order valence-electron chi connectivity index (χ2n) is 4.60. The standard InChI is InChI=1S/C13H15N5OS/c1-14-12-16-15-11(20-12)8-18-10-6-4-3-5-9(10)7-17(2)13(18)19/h3-6H,7-8H2,1-2H3,(H,14,16). The lowest BCUT2D eigenvalue weighted by Gasteiger charge is -2.34. The van der Waals surface area contributed by atoms with Crippen LogP contribution in [0, 0.1) is 0 Å². The molecule has 104 valence electrons. The van der Waals surface area contributed by atoms with E-state index < -0.39 is 0 Å². The number of para-hydroxylation sites is 1. The maximum Gasteiger partial charge on any atom is 0.324 e. The molecule has 2 heterocycles. The third-order valence-electron chi connectivity index (χ3n) is 3.22. The van der Waals surface area contributed by atoms with Crippen molar-refractivity contribution in [1.29, 1.82) is 0 Å². The number of rotatable bonds is 3. The van der Waals surface area contributed by atoms with Crippen LogP contribution in [0.2, 0.25) is 0 Å².